The highest BCUT2D eigenvalue weighted by Crippen LogP contribution is 2.29. The lowest BCUT2D eigenvalue weighted by molar-refractivity contribution is 0.0736. The summed E-state index contributed by atoms with van der Waals surface area (Å²) in [4.78, 5) is 18.1. The van der Waals surface area contributed by atoms with Gasteiger partial charge in [0.1, 0.15) is 5.75 Å². The van der Waals surface area contributed by atoms with E-state index in [0.717, 1.165) is 38.7 Å². The van der Waals surface area contributed by atoms with Crippen molar-refractivity contribution in [1.82, 2.24) is 4.98 Å². The Balaban J connectivity index is 1.87. The van der Waals surface area contributed by atoms with Crippen molar-refractivity contribution in [1.29, 1.82) is 0 Å². The van der Waals surface area contributed by atoms with E-state index in [1.54, 1.807) is 6.07 Å². The fourth-order valence-electron chi connectivity index (χ4n) is 3.77. The van der Waals surface area contributed by atoms with Crippen LogP contribution in [0.25, 0.3) is 22.2 Å². The molecule has 0 atom stereocenters. The number of benzene rings is 3. The largest absolute Gasteiger partial charge is 0.423 e. The van der Waals surface area contributed by atoms with Crippen LogP contribution in [0.15, 0.2) is 60.7 Å². The molecule has 3 aromatic carbocycles. The SMILES string of the molecule is Cc1cc(C)cc(OC(=O)c2cc(-c3ccc(Cl)cc3)nc3c(C)cc(C)cc23)c1. The first-order chi connectivity index (χ1) is 14.3. The molecule has 0 saturated heterocycles. The van der Waals surface area contributed by atoms with Crippen LogP contribution in [0.5, 0.6) is 5.75 Å². The minimum absolute atomic E-state index is 0.396. The summed E-state index contributed by atoms with van der Waals surface area (Å²) in [5, 5.41) is 1.44. The maximum atomic E-state index is 13.2. The highest BCUT2D eigenvalue weighted by atomic mass is 35.5. The summed E-state index contributed by atoms with van der Waals surface area (Å²) in [6.07, 6.45) is 0. The number of esters is 1. The van der Waals surface area contributed by atoms with E-state index in [9.17, 15) is 4.79 Å². The molecule has 0 radical (unpaired) electrons. The van der Waals surface area contributed by atoms with Crippen LogP contribution in [0.1, 0.15) is 32.6 Å². The Morgan fingerprint density at radius 3 is 2.13 bits per heavy atom. The Morgan fingerprint density at radius 1 is 0.833 bits per heavy atom. The topological polar surface area (TPSA) is 39.2 Å². The van der Waals surface area contributed by atoms with Crippen molar-refractivity contribution in [3.05, 3.63) is 93.5 Å². The van der Waals surface area contributed by atoms with Crippen molar-refractivity contribution < 1.29 is 9.53 Å². The molecular formula is C26H22ClNO2. The molecule has 4 aromatic rings. The van der Waals surface area contributed by atoms with Crippen molar-refractivity contribution in [3.63, 3.8) is 0 Å². The monoisotopic (exact) mass is 415 g/mol. The fraction of sp³-hybridized carbons (Fsp3) is 0.154. The third kappa shape index (κ3) is 4.07. The van der Waals surface area contributed by atoms with Crippen molar-refractivity contribution in [2.24, 2.45) is 0 Å². The zero-order valence-corrected chi connectivity index (χ0v) is 18.2. The fourth-order valence-corrected chi connectivity index (χ4v) is 3.90. The molecule has 0 N–H and O–H groups in total. The standard InChI is InChI=1S/C26H22ClNO2/c1-15-9-16(2)12-21(11-15)30-26(29)23-14-24(19-5-7-20(27)8-6-19)28-25-18(4)10-17(3)13-22(23)25/h5-14H,1-4H3. The molecule has 0 aliphatic heterocycles. The predicted octanol–water partition coefficient (Wildman–Crippen LogP) is 7.01. The number of aromatic nitrogens is 1. The Bertz CT molecular complexity index is 1260. The number of ether oxygens (including phenoxy) is 1. The summed E-state index contributed by atoms with van der Waals surface area (Å²) in [5.74, 6) is 0.146. The van der Waals surface area contributed by atoms with Crippen molar-refractivity contribution in [2.45, 2.75) is 27.7 Å². The number of rotatable bonds is 3. The Hall–Kier alpha value is -3.17. The molecule has 1 aromatic heterocycles. The molecule has 0 amide bonds. The molecule has 0 aliphatic rings. The average molecular weight is 416 g/mol. The number of aryl methyl sites for hydroxylation is 4. The van der Waals surface area contributed by atoms with E-state index in [4.69, 9.17) is 21.3 Å². The molecule has 0 fully saturated rings. The number of hydrogen-bond acceptors (Lipinski definition) is 3. The van der Waals surface area contributed by atoms with E-state index < -0.39 is 5.97 Å². The van der Waals surface area contributed by atoms with Crippen LogP contribution in [0, 0.1) is 27.7 Å². The van der Waals surface area contributed by atoms with Crippen LogP contribution in [0.4, 0.5) is 0 Å². The first kappa shape index (κ1) is 20.1. The number of pyridine rings is 1. The van der Waals surface area contributed by atoms with Crippen molar-refractivity contribution >= 4 is 28.5 Å². The summed E-state index contributed by atoms with van der Waals surface area (Å²) in [6.45, 7) is 7.99. The van der Waals surface area contributed by atoms with Crippen LogP contribution in [0.2, 0.25) is 5.02 Å². The highest BCUT2D eigenvalue weighted by Gasteiger charge is 2.18. The summed E-state index contributed by atoms with van der Waals surface area (Å²) < 4.78 is 5.77. The second-order valence-corrected chi connectivity index (χ2v) is 8.19. The van der Waals surface area contributed by atoms with Gasteiger partial charge in [0.25, 0.3) is 0 Å². The summed E-state index contributed by atoms with van der Waals surface area (Å²) >= 11 is 6.04. The Morgan fingerprint density at radius 2 is 1.47 bits per heavy atom. The van der Waals surface area contributed by atoms with Crippen molar-refractivity contribution in [2.75, 3.05) is 0 Å². The quantitative estimate of drug-likeness (QED) is 0.267. The lowest BCUT2D eigenvalue weighted by Gasteiger charge is -2.13. The molecule has 1 heterocycles. The normalized spacial score (nSPS) is 11.0. The number of carbonyl (C=O) groups is 1. The Kier molecular flexibility index (Phi) is 5.31. The average Bonchev–Trinajstić information content (AvgIpc) is 2.67. The number of carbonyl (C=O) groups excluding carboxylic acids is 1. The van der Waals surface area contributed by atoms with E-state index in [-0.39, 0.29) is 0 Å². The van der Waals surface area contributed by atoms with Gasteiger partial charge in [0, 0.05) is 16.0 Å². The zero-order valence-electron chi connectivity index (χ0n) is 17.4. The first-order valence-electron chi connectivity index (χ1n) is 9.78. The van der Waals surface area contributed by atoms with Crippen LogP contribution >= 0.6 is 11.6 Å². The van der Waals surface area contributed by atoms with E-state index in [1.807, 2.05) is 76.2 Å². The second-order valence-electron chi connectivity index (χ2n) is 7.75. The van der Waals surface area contributed by atoms with Crippen LogP contribution in [-0.4, -0.2) is 11.0 Å². The van der Waals surface area contributed by atoms with Crippen LogP contribution < -0.4 is 4.74 Å². The maximum absolute atomic E-state index is 13.2. The molecular weight excluding hydrogens is 394 g/mol. The third-order valence-corrected chi connectivity index (χ3v) is 5.27. The smallest absolute Gasteiger partial charge is 0.344 e. The number of halogens is 1. The molecule has 0 bridgehead atoms. The van der Waals surface area contributed by atoms with Gasteiger partial charge in [-0.25, -0.2) is 9.78 Å². The third-order valence-electron chi connectivity index (χ3n) is 5.01. The molecule has 0 unspecified atom stereocenters. The molecule has 30 heavy (non-hydrogen) atoms. The molecule has 150 valence electrons. The van der Waals surface area contributed by atoms with Crippen LogP contribution in [-0.2, 0) is 0 Å². The zero-order chi connectivity index (χ0) is 21.4. The molecule has 4 rings (SSSR count). The van der Waals surface area contributed by atoms with Gasteiger partial charge < -0.3 is 4.74 Å². The number of fused-ring (bicyclic) bond motifs is 1. The lowest BCUT2D eigenvalue weighted by atomic mass is 10.00. The first-order valence-corrected chi connectivity index (χ1v) is 10.2. The minimum atomic E-state index is -0.396. The maximum Gasteiger partial charge on any atom is 0.344 e. The molecule has 4 heteroatoms. The molecule has 3 nitrogen and oxygen atoms in total. The van der Waals surface area contributed by atoms with Gasteiger partial charge in [-0.15, -0.1) is 0 Å². The summed E-state index contributed by atoms with van der Waals surface area (Å²) in [5.41, 5.74) is 7.07. The van der Waals surface area contributed by atoms with Crippen molar-refractivity contribution in [3.8, 4) is 17.0 Å². The van der Waals surface area contributed by atoms with Gasteiger partial charge in [-0.3, -0.25) is 0 Å². The van der Waals surface area contributed by atoms with Gasteiger partial charge in [0.05, 0.1) is 16.8 Å². The van der Waals surface area contributed by atoms with Gasteiger partial charge in [-0.1, -0.05) is 41.4 Å². The second kappa shape index (κ2) is 7.92. The predicted molar refractivity (Wildman–Crippen MR) is 123 cm³/mol. The van der Waals surface area contributed by atoms with E-state index in [1.165, 1.54) is 0 Å². The van der Waals surface area contributed by atoms with Gasteiger partial charge in [-0.05, 0) is 80.8 Å². The number of hydrogen-bond donors (Lipinski definition) is 0. The van der Waals surface area contributed by atoms with Crippen LogP contribution in [0.3, 0.4) is 0 Å². The lowest BCUT2D eigenvalue weighted by Crippen LogP contribution is -2.11. The van der Waals surface area contributed by atoms with Gasteiger partial charge in [0.2, 0.25) is 0 Å². The number of nitrogens with zero attached hydrogens (tertiary/aromatic N) is 1. The summed E-state index contributed by atoms with van der Waals surface area (Å²) in [6, 6.07) is 19.1. The molecule has 0 saturated carbocycles. The minimum Gasteiger partial charge on any atom is -0.423 e. The van der Waals surface area contributed by atoms with Gasteiger partial charge in [0.15, 0.2) is 0 Å². The Labute approximate surface area is 181 Å². The molecule has 0 spiro atoms. The highest BCUT2D eigenvalue weighted by molar-refractivity contribution is 6.30. The van der Waals surface area contributed by atoms with E-state index in [0.29, 0.717) is 22.0 Å². The van der Waals surface area contributed by atoms with E-state index >= 15 is 0 Å². The van der Waals surface area contributed by atoms with Gasteiger partial charge >= 0.3 is 5.97 Å². The van der Waals surface area contributed by atoms with E-state index in [2.05, 4.69) is 6.07 Å². The van der Waals surface area contributed by atoms with Gasteiger partial charge in [-0.2, -0.15) is 0 Å². The molecule has 0 aliphatic carbocycles. The summed E-state index contributed by atoms with van der Waals surface area (Å²) in [7, 11) is 0.